The first-order valence-electron chi connectivity index (χ1n) is 9.43. The normalized spacial score (nSPS) is 15.9. The quantitative estimate of drug-likeness (QED) is 0.564. The Labute approximate surface area is 159 Å². The molecule has 0 aliphatic carbocycles. The highest BCUT2D eigenvalue weighted by Crippen LogP contribution is 2.39. The number of hydrogen-bond donors (Lipinski definition) is 1. The first-order chi connectivity index (χ1) is 13.2. The van der Waals surface area contributed by atoms with Crippen molar-refractivity contribution in [2.45, 2.75) is 46.1 Å². The molecule has 3 rings (SSSR count). The molecule has 144 valence electrons. The van der Waals surface area contributed by atoms with Gasteiger partial charge in [-0.3, -0.25) is 0 Å². The number of para-hydroxylation sites is 1. The second-order valence-electron chi connectivity index (χ2n) is 6.47. The van der Waals surface area contributed by atoms with Gasteiger partial charge >= 0.3 is 5.97 Å². The number of hydrogen-bond acceptors (Lipinski definition) is 6. The predicted molar refractivity (Wildman–Crippen MR) is 103 cm³/mol. The van der Waals surface area contributed by atoms with E-state index >= 15 is 0 Å². The van der Waals surface area contributed by atoms with E-state index in [4.69, 9.17) is 9.47 Å². The van der Waals surface area contributed by atoms with Crippen LogP contribution in [0.4, 0.5) is 5.95 Å². The lowest BCUT2D eigenvalue weighted by Crippen LogP contribution is -2.30. The van der Waals surface area contributed by atoms with E-state index in [-0.39, 0.29) is 5.97 Å². The van der Waals surface area contributed by atoms with E-state index in [0.29, 0.717) is 30.4 Å². The molecular weight excluding hydrogens is 344 g/mol. The number of anilines is 1. The molecule has 1 aromatic carbocycles. The van der Waals surface area contributed by atoms with E-state index < -0.39 is 6.04 Å². The molecule has 2 aromatic rings. The van der Waals surface area contributed by atoms with E-state index in [2.05, 4.69) is 22.3 Å². The van der Waals surface area contributed by atoms with E-state index in [1.165, 1.54) is 6.33 Å². The number of allylic oxidation sites excluding steroid dienone is 1. The number of nitrogens with one attached hydrogen (secondary N) is 1. The van der Waals surface area contributed by atoms with Crippen molar-refractivity contribution < 1.29 is 14.3 Å². The Bertz CT molecular complexity index is 828. The minimum Gasteiger partial charge on any atom is -0.493 e. The molecule has 1 unspecified atom stereocenters. The van der Waals surface area contributed by atoms with Crippen LogP contribution < -0.4 is 10.1 Å². The molecule has 7 nitrogen and oxygen atoms in total. The Kier molecular flexibility index (Phi) is 6.11. The average Bonchev–Trinajstić information content (AvgIpc) is 3.13. The van der Waals surface area contributed by atoms with Gasteiger partial charge in [0, 0.05) is 11.3 Å². The minimum absolute atomic E-state index is 0.351. The maximum atomic E-state index is 12.8. The highest BCUT2D eigenvalue weighted by Gasteiger charge is 2.35. The standard InChI is InChI=1S/C20H26N4O3/c1-4-6-12-26-16-10-8-7-9-15(16)18-17(19(25)27-11-5-2)14(3)23-20-21-13-22-24(18)20/h7-10,13,18H,4-6,11-12H2,1-3H3,(H,21,22,23). The molecule has 0 spiro atoms. The van der Waals surface area contributed by atoms with E-state index in [0.717, 1.165) is 30.6 Å². The number of ether oxygens (including phenoxy) is 2. The summed E-state index contributed by atoms with van der Waals surface area (Å²) < 4.78 is 13.2. The molecule has 7 heteroatoms. The Morgan fingerprint density at radius 2 is 2.04 bits per heavy atom. The summed E-state index contributed by atoms with van der Waals surface area (Å²) in [4.78, 5) is 17.1. The fourth-order valence-corrected chi connectivity index (χ4v) is 3.08. The van der Waals surface area contributed by atoms with Crippen molar-refractivity contribution in [3.8, 4) is 5.75 Å². The van der Waals surface area contributed by atoms with Gasteiger partial charge in [0.25, 0.3) is 0 Å². The molecule has 27 heavy (non-hydrogen) atoms. The SMILES string of the molecule is CCCCOc1ccccc1C1C(C(=O)OCCC)=C(C)Nc2ncnn21. The fourth-order valence-electron chi connectivity index (χ4n) is 3.08. The summed E-state index contributed by atoms with van der Waals surface area (Å²) >= 11 is 0. The first kappa shape index (κ1) is 18.9. The number of fused-ring (bicyclic) bond motifs is 1. The fraction of sp³-hybridized carbons (Fsp3) is 0.450. The van der Waals surface area contributed by atoms with Crippen molar-refractivity contribution in [2.75, 3.05) is 18.5 Å². The highest BCUT2D eigenvalue weighted by atomic mass is 16.5. The summed E-state index contributed by atoms with van der Waals surface area (Å²) in [5.74, 6) is 0.983. The molecule has 0 bridgehead atoms. The molecule has 0 saturated heterocycles. The van der Waals surface area contributed by atoms with Crippen LogP contribution in [0.2, 0.25) is 0 Å². The van der Waals surface area contributed by atoms with Crippen molar-refractivity contribution >= 4 is 11.9 Å². The van der Waals surface area contributed by atoms with Gasteiger partial charge in [0.2, 0.25) is 5.95 Å². The van der Waals surface area contributed by atoms with Crippen LogP contribution in [0.1, 0.15) is 51.6 Å². The van der Waals surface area contributed by atoms with Crippen LogP contribution in [0.15, 0.2) is 41.9 Å². The van der Waals surface area contributed by atoms with Gasteiger partial charge in [-0.1, -0.05) is 38.5 Å². The molecule has 1 aliphatic rings. The Morgan fingerprint density at radius 3 is 2.81 bits per heavy atom. The lowest BCUT2D eigenvalue weighted by atomic mass is 9.95. The van der Waals surface area contributed by atoms with Crippen LogP contribution in [0.5, 0.6) is 5.75 Å². The molecule has 0 amide bonds. The molecule has 1 aliphatic heterocycles. The smallest absolute Gasteiger partial charge is 0.338 e. The van der Waals surface area contributed by atoms with Crippen molar-refractivity contribution in [1.82, 2.24) is 14.8 Å². The van der Waals surface area contributed by atoms with Crippen LogP contribution in [0, 0.1) is 0 Å². The Hall–Kier alpha value is -2.83. The lowest BCUT2D eigenvalue weighted by molar-refractivity contribution is -0.139. The highest BCUT2D eigenvalue weighted by molar-refractivity contribution is 5.92. The topological polar surface area (TPSA) is 78.3 Å². The molecule has 2 heterocycles. The summed E-state index contributed by atoms with van der Waals surface area (Å²) in [6.07, 6.45) is 4.26. The van der Waals surface area contributed by atoms with Gasteiger partial charge in [-0.2, -0.15) is 10.1 Å². The van der Waals surface area contributed by atoms with Crippen LogP contribution in [-0.2, 0) is 9.53 Å². The summed E-state index contributed by atoms with van der Waals surface area (Å²) in [7, 11) is 0. The molecule has 0 saturated carbocycles. The molecule has 1 N–H and O–H groups in total. The largest absolute Gasteiger partial charge is 0.493 e. The third-order valence-corrected chi connectivity index (χ3v) is 4.42. The second kappa shape index (κ2) is 8.70. The number of esters is 1. The number of carbonyl (C=O) groups excluding carboxylic acids is 1. The van der Waals surface area contributed by atoms with Gasteiger partial charge in [0.15, 0.2) is 0 Å². The number of unbranched alkanes of at least 4 members (excludes halogenated alkanes) is 1. The average molecular weight is 370 g/mol. The molecular formula is C20H26N4O3. The summed E-state index contributed by atoms with van der Waals surface area (Å²) in [6.45, 7) is 6.95. The number of benzene rings is 1. The maximum Gasteiger partial charge on any atom is 0.338 e. The summed E-state index contributed by atoms with van der Waals surface area (Å²) in [5.41, 5.74) is 2.10. The number of nitrogens with zero attached hydrogens (tertiary/aromatic N) is 3. The Balaban J connectivity index is 2.04. The third-order valence-electron chi connectivity index (χ3n) is 4.42. The van der Waals surface area contributed by atoms with Crippen molar-refractivity contribution in [3.63, 3.8) is 0 Å². The first-order valence-corrected chi connectivity index (χ1v) is 9.43. The van der Waals surface area contributed by atoms with Crippen LogP contribution in [0.25, 0.3) is 0 Å². The van der Waals surface area contributed by atoms with Gasteiger partial charge < -0.3 is 14.8 Å². The van der Waals surface area contributed by atoms with Crippen molar-refractivity contribution in [2.24, 2.45) is 0 Å². The summed E-state index contributed by atoms with van der Waals surface area (Å²) in [5, 5.41) is 7.49. The third kappa shape index (κ3) is 3.97. The number of rotatable bonds is 8. The van der Waals surface area contributed by atoms with Gasteiger partial charge in [-0.05, 0) is 25.8 Å². The maximum absolute atomic E-state index is 12.8. The van der Waals surface area contributed by atoms with Crippen LogP contribution in [0.3, 0.4) is 0 Å². The van der Waals surface area contributed by atoms with Gasteiger partial charge in [-0.15, -0.1) is 0 Å². The second-order valence-corrected chi connectivity index (χ2v) is 6.47. The van der Waals surface area contributed by atoms with E-state index in [1.807, 2.05) is 38.1 Å². The number of aromatic nitrogens is 3. The van der Waals surface area contributed by atoms with Gasteiger partial charge in [0.05, 0.1) is 18.8 Å². The van der Waals surface area contributed by atoms with Gasteiger partial charge in [0.1, 0.15) is 18.1 Å². The Morgan fingerprint density at radius 1 is 1.22 bits per heavy atom. The molecule has 1 atom stereocenters. The van der Waals surface area contributed by atoms with E-state index in [1.54, 1.807) is 4.68 Å². The molecule has 1 aromatic heterocycles. The number of carbonyl (C=O) groups is 1. The minimum atomic E-state index is -0.453. The lowest BCUT2D eigenvalue weighted by Gasteiger charge is -2.29. The van der Waals surface area contributed by atoms with E-state index in [9.17, 15) is 4.79 Å². The monoisotopic (exact) mass is 370 g/mol. The van der Waals surface area contributed by atoms with Crippen LogP contribution in [-0.4, -0.2) is 33.9 Å². The summed E-state index contributed by atoms with van der Waals surface area (Å²) in [6, 6.07) is 7.30. The predicted octanol–water partition coefficient (Wildman–Crippen LogP) is 3.70. The van der Waals surface area contributed by atoms with Crippen molar-refractivity contribution in [3.05, 3.63) is 47.4 Å². The van der Waals surface area contributed by atoms with Crippen molar-refractivity contribution in [1.29, 1.82) is 0 Å². The van der Waals surface area contributed by atoms with Crippen LogP contribution >= 0.6 is 0 Å². The zero-order valence-corrected chi connectivity index (χ0v) is 16.1. The zero-order chi connectivity index (χ0) is 19.2. The molecule has 0 radical (unpaired) electrons. The molecule has 0 fully saturated rings. The van der Waals surface area contributed by atoms with Gasteiger partial charge in [-0.25, -0.2) is 9.48 Å². The zero-order valence-electron chi connectivity index (χ0n) is 16.1.